The van der Waals surface area contributed by atoms with Gasteiger partial charge in [0.25, 0.3) is 5.56 Å². The summed E-state index contributed by atoms with van der Waals surface area (Å²) >= 11 is 0. The molecule has 0 saturated heterocycles. The van der Waals surface area contributed by atoms with E-state index in [0.717, 1.165) is 21.7 Å². The van der Waals surface area contributed by atoms with Crippen LogP contribution in [-0.4, -0.2) is 74.1 Å². The molecule has 1 aliphatic rings. The Balaban J connectivity index is 1.42. The first-order valence-electron chi connectivity index (χ1n) is 15.2. The number of benzene rings is 4. The number of carboxylic acid groups (broad SMARTS) is 1. The van der Waals surface area contributed by atoms with Crippen LogP contribution in [0.15, 0.2) is 65.5 Å². The Morgan fingerprint density at radius 1 is 0.896 bits per heavy atom. The third kappa shape index (κ3) is 6.15. The van der Waals surface area contributed by atoms with E-state index in [-0.39, 0.29) is 36.7 Å². The van der Waals surface area contributed by atoms with Gasteiger partial charge in [0.05, 0.1) is 35.8 Å². The second-order valence-corrected chi connectivity index (χ2v) is 11.6. The minimum atomic E-state index is -1.10. The highest BCUT2D eigenvalue weighted by Crippen LogP contribution is 2.41. The maximum atomic E-state index is 14.3. The van der Waals surface area contributed by atoms with Crippen molar-refractivity contribution in [2.24, 2.45) is 0 Å². The molecule has 13 heteroatoms. The number of carbonyl (C=O) groups excluding carboxylic acids is 2. The Kier molecular flexibility index (Phi) is 8.78. The minimum Gasteiger partial charge on any atom is -0.493 e. The first kappa shape index (κ1) is 32.1. The normalized spacial score (nSPS) is 12.1. The predicted molar refractivity (Wildman–Crippen MR) is 181 cm³/mol. The number of para-hydroxylation sites is 2. The van der Waals surface area contributed by atoms with E-state index in [1.54, 1.807) is 34.9 Å². The number of likely N-dealkylation sites (N-methyl/N-ethyl adjacent to an activating group) is 1. The quantitative estimate of drug-likeness (QED) is 0.196. The van der Waals surface area contributed by atoms with Gasteiger partial charge in [-0.3, -0.25) is 19.3 Å². The molecule has 0 bridgehead atoms. The number of hydrogen-bond donors (Lipinski definition) is 2. The number of carboxylic acids is 1. The van der Waals surface area contributed by atoms with Crippen molar-refractivity contribution in [3.8, 4) is 23.0 Å². The third-order valence-corrected chi connectivity index (χ3v) is 8.17. The summed E-state index contributed by atoms with van der Waals surface area (Å²) in [5, 5.41) is 15.0. The van der Waals surface area contributed by atoms with Gasteiger partial charge in [-0.1, -0.05) is 24.3 Å². The molecule has 0 fully saturated rings. The van der Waals surface area contributed by atoms with Gasteiger partial charge in [0, 0.05) is 42.7 Å². The third-order valence-electron chi connectivity index (χ3n) is 8.17. The Bertz CT molecular complexity index is 2160. The molecule has 2 heterocycles. The van der Waals surface area contributed by atoms with Crippen molar-refractivity contribution < 1.29 is 38.4 Å². The monoisotopic (exact) mass is 654 g/mol. The van der Waals surface area contributed by atoms with E-state index in [0.29, 0.717) is 46.7 Å². The van der Waals surface area contributed by atoms with E-state index in [1.165, 1.54) is 25.1 Å². The lowest BCUT2D eigenvalue weighted by atomic mass is 10.00. The number of aliphatic carboxylic acids is 1. The van der Waals surface area contributed by atoms with Crippen LogP contribution in [0, 0.1) is 0 Å². The zero-order chi connectivity index (χ0) is 34.1. The van der Waals surface area contributed by atoms with E-state index < -0.39 is 18.0 Å². The van der Waals surface area contributed by atoms with Crippen LogP contribution in [0.1, 0.15) is 12.8 Å². The molecule has 2 N–H and O–H groups in total. The molecule has 0 unspecified atom stereocenters. The number of ether oxygens (including phenoxy) is 4. The van der Waals surface area contributed by atoms with Crippen molar-refractivity contribution in [3.63, 3.8) is 0 Å². The molecular weight excluding hydrogens is 620 g/mol. The zero-order valence-electron chi connectivity index (χ0n) is 26.9. The topological polar surface area (TPSA) is 149 Å². The molecule has 13 nitrogen and oxygen atoms in total. The second kappa shape index (κ2) is 13.1. The maximum Gasteiger partial charge on any atom is 0.419 e. The molecule has 0 radical (unpaired) electrons. The largest absolute Gasteiger partial charge is 0.493 e. The van der Waals surface area contributed by atoms with E-state index in [9.17, 15) is 19.2 Å². The summed E-state index contributed by atoms with van der Waals surface area (Å²) < 4.78 is 24.4. The molecule has 4 aromatic carbocycles. The summed E-state index contributed by atoms with van der Waals surface area (Å²) in [6.45, 7) is 1.11. The number of fused-ring (bicyclic) bond motifs is 6. The van der Waals surface area contributed by atoms with Gasteiger partial charge in [0.1, 0.15) is 0 Å². The van der Waals surface area contributed by atoms with Crippen molar-refractivity contribution >= 4 is 61.8 Å². The molecule has 0 aliphatic carbocycles. The van der Waals surface area contributed by atoms with Crippen molar-refractivity contribution in [3.05, 3.63) is 71.0 Å². The van der Waals surface area contributed by atoms with Crippen LogP contribution >= 0.6 is 0 Å². The van der Waals surface area contributed by atoms with E-state index in [4.69, 9.17) is 24.1 Å². The van der Waals surface area contributed by atoms with Crippen LogP contribution in [0.2, 0.25) is 0 Å². The number of hydrogen-bond acceptors (Lipinski definition) is 9. The van der Waals surface area contributed by atoms with Gasteiger partial charge >= 0.3 is 12.1 Å². The Labute approximate surface area is 274 Å². The highest BCUT2D eigenvalue weighted by molar-refractivity contribution is 6.16. The van der Waals surface area contributed by atoms with Gasteiger partial charge in [-0.05, 0) is 55.9 Å². The van der Waals surface area contributed by atoms with E-state index in [1.807, 2.05) is 43.3 Å². The molecule has 1 aliphatic heterocycles. The summed E-state index contributed by atoms with van der Waals surface area (Å²) in [5.41, 5.74) is 1.07. The van der Waals surface area contributed by atoms with Crippen LogP contribution in [0.5, 0.6) is 23.0 Å². The molecule has 248 valence electrons. The second-order valence-electron chi connectivity index (χ2n) is 11.6. The minimum absolute atomic E-state index is 0.0320. The number of nitrogens with one attached hydrogen (secondary N) is 1. The van der Waals surface area contributed by atoms with Crippen molar-refractivity contribution in [2.45, 2.75) is 19.4 Å². The Morgan fingerprint density at radius 2 is 1.62 bits per heavy atom. The van der Waals surface area contributed by atoms with Crippen molar-refractivity contribution in [1.82, 2.24) is 9.47 Å². The lowest BCUT2D eigenvalue weighted by Crippen LogP contribution is -2.31. The first-order valence-corrected chi connectivity index (χ1v) is 15.2. The molecular formula is C35H34N4O9. The predicted octanol–water partition coefficient (Wildman–Crippen LogP) is 5.05. The fourth-order valence-electron chi connectivity index (χ4n) is 5.73. The Morgan fingerprint density at radius 3 is 2.35 bits per heavy atom. The van der Waals surface area contributed by atoms with Gasteiger partial charge in [0.2, 0.25) is 12.7 Å². The number of aromatic nitrogens is 1. The van der Waals surface area contributed by atoms with Crippen LogP contribution < -0.4 is 34.7 Å². The average Bonchev–Trinajstić information content (AvgIpc) is 3.53. The molecule has 6 rings (SSSR count). The molecule has 1 aromatic heterocycles. The van der Waals surface area contributed by atoms with Gasteiger partial charge in [-0.2, -0.15) is 0 Å². The smallest absolute Gasteiger partial charge is 0.419 e. The number of methoxy groups -OCH3 is 1. The standard InChI is InChI=1S/C35H34N4O9/c1-37(2)13-14-39-33-21(10-9-20-15-28-29(16-22(20)33)47-19-46-28)23-17-27(45-4)30(18-24(23)34(39)43)48-35(44)38(3)26-8-6-5-7-25(26)36-31(40)11-12-32(41)42/h5-10,15-18H,11-14,19H2,1-4H3,(H,36,40)(H,41,42). The summed E-state index contributed by atoms with van der Waals surface area (Å²) in [7, 11) is 6.78. The SMILES string of the molecule is COc1cc2c(cc1OC(=O)N(C)c1ccccc1NC(=O)CCC(=O)O)c(=O)n(CCN(C)C)c1c3cc4c(cc3ccc21)OCO4. The number of carbonyl (C=O) groups is 3. The molecule has 0 atom stereocenters. The zero-order valence-corrected chi connectivity index (χ0v) is 26.9. The fourth-order valence-corrected chi connectivity index (χ4v) is 5.73. The van der Waals surface area contributed by atoms with Crippen LogP contribution in [0.4, 0.5) is 16.2 Å². The highest BCUT2D eigenvalue weighted by atomic mass is 16.7. The van der Waals surface area contributed by atoms with Gasteiger partial charge < -0.3 is 38.8 Å². The summed E-state index contributed by atoms with van der Waals surface area (Å²) in [5.74, 6) is -0.0967. The van der Waals surface area contributed by atoms with Crippen molar-refractivity contribution in [1.29, 1.82) is 0 Å². The molecule has 5 aromatic rings. The average molecular weight is 655 g/mol. The summed E-state index contributed by atoms with van der Waals surface area (Å²) in [6, 6.07) is 17.5. The molecule has 0 saturated carbocycles. The summed E-state index contributed by atoms with van der Waals surface area (Å²) in [6.07, 6.45) is -1.37. The fraction of sp³-hybridized carbons (Fsp3) is 0.257. The van der Waals surface area contributed by atoms with Gasteiger partial charge in [-0.15, -0.1) is 0 Å². The summed E-state index contributed by atoms with van der Waals surface area (Å²) in [4.78, 5) is 54.2. The Hall–Kier alpha value is -5.82. The number of amides is 2. The lowest BCUT2D eigenvalue weighted by Gasteiger charge is -2.22. The number of rotatable bonds is 10. The van der Waals surface area contributed by atoms with E-state index in [2.05, 4.69) is 5.32 Å². The van der Waals surface area contributed by atoms with Gasteiger partial charge in [-0.25, -0.2) is 4.79 Å². The van der Waals surface area contributed by atoms with Crippen LogP contribution in [-0.2, 0) is 16.1 Å². The first-order chi connectivity index (χ1) is 23.0. The lowest BCUT2D eigenvalue weighted by molar-refractivity contribution is -0.138. The van der Waals surface area contributed by atoms with Gasteiger partial charge in [0.15, 0.2) is 23.0 Å². The molecule has 48 heavy (non-hydrogen) atoms. The number of anilines is 2. The maximum absolute atomic E-state index is 14.3. The highest BCUT2D eigenvalue weighted by Gasteiger charge is 2.23. The van der Waals surface area contributed by atoms with Crippen molar-refractivity contribution in [2.75, 3.05) is 51.8 Å². The number of nitrogens with zero attached hydrogens (tertiary/aromatic N) is 3. The molecule has 2 amide bonds. The molecule has 0 spiro atoms. The van der Waals surface area contributed by atoms with Crippen LogP contribution in [0.25, 0.3) is 32.4 Å². The number of pyridine rings is 1. The van der Waals surface area contributed by atoms with E-state index >= 15 is 0 Å². The van der Waals surface area contributed by atoms with Crippen LogP contribution in [0.3, 0.4) is 0 Å².